The molecule has 5 rings (SSSR count). The van der Waals surface area contributed by atoms with Gasteiger partial charge in [-0.25, -0.2) is 0 Å². The van der Waals surface area contributed by atoms with E-state index in [1.165, 1.54) is 53.8 Å². The fourth-order valence-corrected chi connectivity index (χ4v) is 5.03. The SMILES string of the molecule is OCCC/C(C1=CCCC=C1)=C(\c1ccc(O)cc1)c1ccc(C2CN(C3CC3)C2)cc1. The summed E-state index contributed by atoms with van der Waals surface area (Å²) in [5.74, 6) is 0.936. The average Bonchev–Trinajstić information content (AvgIpc) is 3.63. The van der Waals surface area contributed by atoms with Gasteiger partial charge in [0, 0.05) is 31.7 Å². The van der Waals surface area contributed by atoms with Crippen molar-refractivity contribution in [2.75, 3.05) is 19.7 Å². The van der Waals surface area contributed by atoms with Crippen molar-refractivity contribution >= 4 is 5.57 Å². The maximum Gasteiger partial charge on any atom is 0.115 e. The van der Waals surface area contributed by atoms with Gasteiger partial charge in [-0.2, -0.15) is 0 Å². The van der Waals surface area contributed by atoms with Gasteiger partial charge in [-0.05, 0) is 84.1 Å². The lowest BCUT2D eigenvalue weighted by atomic mass is 9.84. The van der Waals surface area contributed by atoms with Crippen LogP contribution in [0.5, 0.6) is 5.75 Å². The van der Waals surface area contributed by atoms with Gasteiger partial charge in [0.05, 0.1) is 0 Å². The molecule has 2 aromatic carbocycles. The molecule has 0 radical (unpaired) electrons. The molecule has 32 heavy (non-hydrogen) atoms. The highest BCUT2D eigenvalue weighted by atomic mass is 16.3. The molecule has 0 unspecified atom stereocenters. The highest BCUT2D eigenvalue weighted by Gasteiger charge is 2.38. The van der Waals surface area contributed by atoms with Crippen molar-refractivity contribution in [2.24, 2.45) is 0 Å². The molecule has 0 aromatic heterocycles. The summed E-state index contributed by atoms with van der Waals surface area (Å²) in [6.45, 7) is 2.58. The number of phenols is 1. The number of likely N-dealkylation sites (tertiary alicyclic amines) is 1. The molecule has 3 aliphatic rings. The van der Waals surface area contributed by atoms with Crippen molar-refractivity contribution in [3.05, 3.63) is 94.6 Å². The molecule has 0 amide bonds. The van der Waals surface area contributed by atoms with Crippen LogP contribution >= 0.6 is 0 Å². The van der Waals surface area contributed by atoms with Crippen LogP contribution in [-0.2, 0) is 0 Å². The summed E-state index contributed by atoms with van der Waals surface area (Å²) in [6.07, 6.45) is 13.3. The molecule has 3 nitrogen and oxygen atoms in total. The molecule has 1 saturated heterocycles. The molecule has 2 aromatic rings. The van der Waals surface area contributed by atoms with Gasteiger partial charge in [-0.1, -0.05) is 54.6 Å². The summed E-state index contributed by atoms with van der Waals surface area (Å²) < 4.78 is 0. The standard InChI is InChI=1S/C29H33NO2/c31-18-4-7-28(22-5-2-1-3-6-22)29(24-12-16-27(32)17-13-24)23-10-8-21(9-11-23)25-19-30(20-25)26-14-15-26/h2,5-6,8-13,16-17,25-26,31-32H,1,3-4,7,14-15,18-20H2/b29-28+. The Morgan fingerprint density at radius 2 is 1.59 bits per heavy atom. The number of rotatable bonds is 8. The molecule has 0 bridgehead atoms. The molecule has 1 heterocycles. The zero-order valence-electron chi connectivity index (χ0n) is 18.7. The molecule has 1 aliphatic heterocycles. The predicted molar refractivity (Wildman–Crippen MR) is 131 cm³/mol. The number of aliphatic hydroxyl groups excluding tert-OH is 1. The number of benzene rings is 2. The molecule has 166 valence electrons. The lowest BCUT2D eigenvalue weighted by Gasteiger charge is -2.40. The monoisotopic (exact) mass is 427 g/mol. The van der Waals surface area contributed by atoms with Crippen LogP contribution in [-0.4, -0.2) is 40.9 Å². The van der Waals surface area contributed by atoms with Crippen molar-refractivity contribution in [2.45, 2.75) is 50.5 Å². The zero-order valence-corrected chi connectivity index (χ0v) is 18.7. The minimum absolute atomic E-state index is 0.182. The lowest BCUT2D eigenvalue weighted by Crippen LogP contribution is -2.46. The highest BCUT2D eigenvalue weighted by Crippen LogP contribution is 2.39. The molecule has 2 N–H and O–H groups in total. The number of phenolic OH excluding ortho intramolecular Hbond substituents is 1. The molecule has 2 fully saturated rings. The van der Waals surface area contributed by atoms with E-state index in [2.05, 4.69) is 47.4 Å². The third-order valence-electron chi connectivity index (χ3n) is 7.03. The van der Waals surface area contributed by atoms with E-state index in [0.717, 1.165) is 37.3 Å². The maximum atomic E-state index is 9.86. The second-order valence-electron chi connectivity index (χ2n) is 9.37. The molecule has 3 heteroatoms. The summed E-state index contributed by atoms with van der Waals surface area (Å²) in [6, 6.07) is 17.5. The molecular formula is C29H33NO2. The first-order valence-electron chi connectivity index (χ1n) is 12.1. The Morgan fingerprint density at radius 1 is 0.906 bits per heavy atom. The minimum atomic E-state index is 0.182. The van der Waals surface area contributed by atoms with E-state index < -0.39 is 0 Å². The highest BCUT2D eigenvalue weighted by molar-refractivity contribution is 5.85. The summed E-state index contributed by atoms with van der Waals surface area (Å²) in [5.41, 5.74) is 7.48. The second-order valence-corrected chi connectivity index (χ2v) is 9.37. The minimum Gasteiger partial charge on any atom is -0.508 e. The fraction of sp³-hybridized carbons (Fsp3) is 0.379. The van der Waals surface area contributed by atoms with Crippen LogP contribution in [0.2, 0.25) is 0 Å². The van der Waals surface area contributed by atoms with E-state index in [0.29, 0.717) is 5.92 Å². The summed E-state index contributed by atoms with van der Waals surface area (Å²) in [4.78, 5) is 2.62. The van der Waals surface area contributed by atoms with Crippen molar-refractivity contribution in [1.82, 2.24) is 4.90 Å². The van der Waals surface area contributed by atoms with Crippen molar-refractivity contribution in [1.29, 1.82) is 0 Å². The summed E-state index contributed by atoms with van der Waals surface area (Å²) in [5, 5.41) is 19.4. The van der Waals surface area contributed by atoms with Crippen LogP contribution in [0.15, 0.2) is 77.9 Å². The Hall–Kier alpha value is -2.62. The Kier molecular flexibility index (Phi) is 6.29. The van der Waals surface area contributed by atoms with Crippen molar-refractivity contribution in [3.8, 4) is 5.75 Å². The Morgan fingerprint density at radius 3 is 2.19 bits per heavy atom. The number of aromatic hydroxyl groups is 1. The molecule has 0 atom stereocenters. The largest absolute Gasteiger partial charge is 0.508 e. The molecule has 1 saturated carbocycles. The smallest absolute Gasteiger partial charge is 0.115 e. The zero-order chi connectivity index (χ0) is 21.9. The number of nitrogens with zero attached hydrogens (tertiary/aromatic N) is 1. The molecular weight excluding hydrogens is 394 g/mol. The van der Waals surface area contributed by atoms with Crippen molar-refractivity contribution in [3.63, 3.8) is 0 Å². The van der Waals surface area contributed by atoms with Crippen molar-refractivity contribution < 1.29 is 10.2 Å². The average molecular weight is 428 g/mol. The Balaban J connectivity index is 1.51. The number of aliphatic hydroxyl groups is 1. The van der Waals surface area contributed by atoms with E-state index in [1.54, 1.807) is 12.1 Å². The first kappa shape index (κ1) is 21.2. The third kappa shape index (κ3) is 4.60. The summed E-state index contributed by atoms with van der Waals surface area (Å²) >= 11 is 0. The van der Waals surface area contributed by atoms with Gasteiger partial charge in [0.25, 0.3) is 0 Å². The topological polar surface area (TPSA) is 43.7 Å². The van der Waals surface area contributed by atoms with E-state index in [4.69, 9.17) is 0 Å². The van der Waals surface area contributed by atoms with Crippen LogP contribution in [0.3, 0.4) is 0 Å². The lowest BCUT2D eigenvalue weighted by molar-refractivity contribution is 0.139. The first-order valence-corrected chi connectivity index (χ1v) is 12.1. The number of allylic oxidation sites excluding steroid dienone is 5. The third-order valence-corrected chi connectivity index (χ3v) is 7.03. The van der Waals surface area contributed by atoms with Gasteiger partial charge in [-0.15, -0.1) is 0 Å². The van der Waals surface area contributed by atoms with Gasteiger partial charge < -0.3 is 10.2 Å². The van der Waals surface area contributed by atoms with E-state index in [9.17, 15) is 10.2 Å². The normalized spacial score (nSPS) is 20.0. The van der Waals surface area contributed by atoms with Crippen LogP contribution in [0.4, 0.5) is 0 Å². The molecule has 0 spiro atoms. The van der Waals surface area contributed by atoms with Crippen LogP contribution in [0.1, 0.15) is 61.1 Å². The number of hydrogen-bond acceptors (Lipinski definition) is 3. The van der Waals surface area contributed by atoms with E-state index >= 15 is 0 Å². The summed E-state index contributed by atoms with van der Waals surface area (Å²) in [7, 11) is 0. The predicted octanol–water partition coefficient (Wildman–Crippen LogP) is 5.80. The van der Waals surface area contributed by atoms with Gasteiger partial charge in [0.1, 0.15) is 5.75 Å². The Labute approximate surface area is 191 Å². The second kappa shape index (κ2) is 9.48. The fourth-order valence-electron chi connectivity index (χ4n) is 5.03. The van der Waals surface area contributed by atoms with Gasteiger partial charge in [0.15, 0.2) is 0 Å². The quantitative estimate of drug-likeness (QED) is 0.559. The first-order chi connectivity index (χ1) is 15.7. The van der Waals surface area contributed by atoms with E-state index in [1.807, 2.05) is 12.1 Å². The van der Waals surface area contributed by atoms with E-state index in [-0.39, 0.29) is 12.4 Å². The maximum absolute atomic E-state index is 9.86. The van der Waals surface area contributed by atoms with Crippen LogP contribution in [0, 0.1) is 0 Å². The van der Waals surface area contributed by atoms with Gasteiger partial charge in [0.2, 0.25) is 0 Å². The van der Waals surface area contributed by atoms with Crippen LogP contribution in [0.25, 0.3) is 5.57 Å². The molecule has 2 aliphatic carbocycles. The van der Waals surface area contributed by atoms with Gasteiger partial charge >= 0.3 is 0 Å². The Bertz CT molecular complexity index is 1020. The number of hydrogen-bond donors (Lipinski definition) is 2. The van der Waals surface area contributed by atoms with Crippen LogP contribution < -0.4 is 0 Å². The van der Waals surface area contributed by atoms with Gasteiger partial charge in [-0.3, -0.25) is 4.90 Å².